The summed E-state index contributed by atoms with van der Waals surface area (Å²) in [5, 5.41) is 0. The molecule has 10 heteroatoms. The van der Waals surface area contributed by atoms with E-state index in [0.717, 1.165) is 0 Å². The number of rotatable bonds is 18. The van der Waals surface area contributed by atoms with Crippen molar-refractivity contribution in [2.45, 2.75) is 41.5 Å². The topological polar surface area (TPSA) is 88.6 Å². The second-order valence-corrected chi connectivity index (χ2v) is 14.2. The molecule has 6 aromatic carbocycles. The van der Waals surface area contributed by atoms with E-state index < -0.39 is 7.32 Å². The minimum absolute atomic E-state index is 0.0850. The summed E-state index contributed by atoms with van der Waals surface area (Å²) in [4.78, 5) is 46.9. The number of hydrogen-bond acceptors (Lipinski definition) is 6. The summed E-state index contributed by atoms with van der Waals surface area (Å²) in [6.07, 6.45) is 0. The number of amides is 3. The first-order valence-corrected chi connectivity index (χ1v) is 21.2. The Morgan fingerprint density at radius 3 is 0.803 bits per heavy atom. The van der Waals surface area contributed by atoms with Crippen LogP contribution in [-0.4, -0.2) is 79.0 Å². The average Bonchev–Trinajstić information content (AvgIpc) is 3.30. The molecule has 0 aliphatic heterocycles. The van der Waals surface area contributed by atoms with E-state index in [4.69, 9.17) is 14.0 Å². The van der Waals surface area contributed by atoms with Crippen molar-refractivity contribution in [1.29, 1.82) is 0 Å². The van der Waals surface area contributed by atoms with E-state index in [1.807, 2.05) is 187 Å². The summed E-state index contributed by atoms with van der Waals surface area (Å²) in [7, 11) is -1.41. The molecule has 0 saturated carbocycles. The van der Waals surface area contributed by atoms with Crippen molar-refractivity contribution in [3.05, 3.63) is 162 Å². The van der Waals surface area contributed by atoms with Crippen LogP contribution in [0.3, 0.4) is 0 Å². The summed E-state index contributed by atoms with van der Waals surface area (Å²) in [5.74, 6) is 0.985. The van der Waals surface area contributed by atoms with Gasteiger partial charge >= 0.3 is 7.32 Å². The SMILES string of the molecule is CCN(CC)C(=O)c1ccccc1-c1ccccc1OB(Oc1ccccc1-c1ccccc1C(=O)N(CC)CC)Oc1ccccc1-c1ccccc1C(=O)N(CC)CC. The Balaban J connectivity index is 1.49. The van der Waals surface area contributed by atoms with Crippen LogP contribution in [0, 0.1) is 0 Å². The third-order valence-electron chi connectivity index (χ3n) is 10.8. The van der Waals surface area contributed by atoms with Crippen LogP contribution in [0.1, 0.15) is 72.6 Å². The molecule has 0 atom stereocenters. The molecule has 0 spiro atoms. The van der Waals surface area contributed by atoms with Crippen molar-refractivity contribution in [3.63, 3.8) is 0 Å². The molecule has 0 saturated heterocycles. The normalized spacial score (nSPS) is 10.7. The van der Waals surface area contributed by atoms with Crippen molar-refractivity contribution in [2.24, 2.45) is 0 Å². The lowest BCUT2D eigenvalue weighted by Gasteiger charge is -2.24. The number of para-hydroxylation sites is 3. The maximum Gasteiger partial charge on any atom is 0.864 e. The standard InChI is InChI=1S/C51H54BN3O6/c1-7-53(8-2)49(56)43-31-16-13-25-37(43)40-28-19-22-34-46(40)59-52(60-47-35-23-20-29-41(47)38-26-14-17-32-44(38)50(57)54(9-3)10-4)61-48-36-24-21-30-42(48)39-27-15-18-33-45(39)51(58)55(11-5)12-6/h13-36H,7-12H2,1-6H3. The van der Waals surface area contributed by atoms with Crippen LogP contribution in [-0.2, 0) is 0 Å². The largest absolute Gasteiger partial charge is 0.864 e. The highest BCUT2D eigenvalue weighted by Crippen LogP contribution is 2.38. The minimum Gasteiger partial charge on any atom is -0.489 e. The summed E-state index contributed by atoms with van der Waals surface area (Å²) in [6, 6.07) is 45.0. The molecular weight excluding hydrogens is 761 g/mol. The van der Waals surface area contributed by atoms with Gasteiger partial charge in [0.25, 0.3) is 17.7 Å². The van der Waals surface area contributed by atoms with Gasteiger partial charge in [-0.2, -0.15) is 0 Å². The zero-order valence-corrected chi connectivity index (χ0v) is 36.0. The molecule has 0 bridgehead atoms. The first kappa shape index (κ1) is 43.8. The van der Waals surface area contributed by atoms with Crippen LogP contribution in [0.4, 0.5) is 0 Å². The maximum atomic E-state index is 13.9. The smallest absolute Gasteiger partial charge is 0.489 e. The number of nitrogens with zero attached hydrogens (tertiary/aromatic N) is 3. The Morgan fingerprint density at radius 1 is 0.344 bits per heavy atom. The first-order chi connectivity index (χ1) is 29.8. The summed E-state index contributed by atoms with van der Waals surface area (Å²) in [6.45, 7) is 15.2. The highest BCUT2D eigenvalue weighted by molar-refractivity contribution is 6.40. The van der Waals surface area contributed by atoms with Gasteiger partial charge in [0, 0.05) is 72.6 Å². The Kier molecular flexibility index (Phi) is 15.0. The fourth-order valence-electron chi connectivity index (χ4n) is 7.52. The van der Waals surface area contributed by atoms with E-state index >= 15 is 0 Å². The lowest BCUT2D eigenvalue weighted by molar-refractivity contribution is 0.0766. The third kappa shape index (κ3) is 9.81. The number of carbonyl (C=O) groups excluding carboxylic acids is 3. The molecule has 0 unspecified atom stereocenters. The van der Waals surface area contributed by atoms with E-state index in [9.17, 15) is 14.4 Å². The van der Waals surface area contributed by atoms with Gasteiger partial charge in [0.05, 0.1) is 0 Å². The highest BCUT2D eigenvalue weighted by Gasteiger charge is 2.34. The summed E-state index contributed by atoms with van der Waals surface area (Å²) >= 11 is 0. The van der Waals surface area contributed by atoms with Crippen molar-refractivity contribution in [1.82, 2.24) is 14.7 Å². The predicted molar refractivity (Wildman–Crippen MR) is 245 cm³/mol. The van der Waals surface area contributed by atoms with E-state index in [-0.39, 0.29) is 17.7 Å². The minimum atomic E-state index is -1.41. The van der Waals surface area contributed by atoms with Gasteiger partial charge < -0.3 is 28.7 Å². The molecule has 9 nitrogen and oxygen atoms in total. The molecule has 312 valence electrons. The monoisotopic (exact) mass is 815 g/mol. The molecule has 0 aromatic heterocycles. The number of carbonyl (C=O) groups is 3. The van der Waals surface area contributed by atoms with E-state index in [2.05, 4.69) is 0 Å². The number of hydrogen-bond donors (Lipinski definition) is 0. The molecule has 3 amide bonds. The molecule has 0 radical (unpaired) electrons. The molecule has 0 aliphatic rings. The van der Waals surface area contributed by atoms with E-state index in [0.29, 0.717) is 107 Å². The van der Waals surface area contributed by atoms with Crippen LogP contribution in [0.15, 0.2) is 146 Å². The number of benzene rings is 6. The van der Waals surface area contributed by atoms with Gasteiger partial charge in [0.1, 0.15) is 17.2 Å². The maximum absolute atomic E-state index is 13.9. The third-order valence-corrected chi connectivity index (χ3v) is 10.8. The second-order valence-electron chi connectivity index (χ2n) is 14.2. The van der Waals surface area contributed by atoms with Crippen molar-refractivity contribution in [3.8, 4) is 50.6 Å². The van der Waals surface area contributed by atoms with Crippen molar-refractivity contribution in [2.75, 3.05) is 39.3 Å². The van der Waals surface area contributed by atoms with Gasteiger partial charge in [-0.15, -0.1) is 0 Å². The first-order valence-electron chi connectivity index (χ1n) is 21.2. The van der Waals surface area contributed by atoms with Crippen molar-refractivity contribution >= 4 is 25.0 Å². The van der Waals surface area contributed by atoms with Crippen LogP contribution in [0.5, 0.6) is 17.2 Å². The van der Waals surface area contributed by atoms with Gasteiger partial charge in [-0.3, -0.25) is 14.4 Å². The zero-order chi connectivity index (χ0) is 43.3. The molecule has 6 rings (SSSR count). The highest BCUT2D eigenvalue weighted by atomic mass is 16.7. The fourth-order valence-corrected chi connectivity index (χ4v) is 7.52. The Hall–Kier alpha value is -6.81. The van der Waals surface area contributed by atoms with Gasteiger partial charge in [-0.1, -0.05) is 109 Å². The molecule has 0 N–H and O–H groups in total. The Morgan fingerprint density at radius 2 is 0.557 bits per heavy atom. The Bertz CT molecular complexity index is 2170. The lowest BCUT2D eigenvalue weighted by Crippen LogP contribution is -2.37. The van der Waals surface area contributed by atoms with Gasteiger partial charge in [0.15, 0.2) is 0 Å². The average molecular weight is 816 g/mol. The van der Waals surface area contributed by atoms with Crippen molar-refractivity contribution < 1.29 is 28.3 Å². The molecule has 61 heavy (non-hydrogen) atoms. The van der Waals surface area contributed by atoms with Crippen LogP contribution in [0.25, 0.3) is 33.4 Å². The second kappa shape index (κ2) is 20.9. The van der Waals surface area contributed by atoms with Gasteiger partial charge in [0.2, 0.25) is 0 Å². The summed E-state index contributed by atoms with van der Waals surface area (Å²) in [5.41, 5.74) is 5.72. The molecular formula is C51H54BN3O6. The van der Waals surface area contributed by atoms with Crippen LogP contribution < -0.4 is 14.0 Å². The van der Waals surface area contributed by atoms with Crippen LogP contribution in [0.2, 0.25) is 0 Å². The Labute approximate surface area is 360 Å². The molecule has 0 fully saturated rings. The predicted octanol–water partition coefficient (Wildman–Crippen LogP) is 10.7. The lowest BCUT2D eigenvalue weighted by atomic mass is 9.96. The molecule has 6 aromatic rings. The van der Waals surface area contributed by atoms with Crippen LogP contribution >= 0.6 is 0 Å². The molecule has 0 aliphatic carbocycles. The quantitative estimate of drug-likeness (QED) is 0.0803. The van der Waals surface area contributed by atoms with E-state index in [1.54, 1.807) is 14.7 Å². The molecule has 0 heterocycles. The van der Waals surface area contributed by atoms with Gasteiger partial charge in [-0.25, -0.2) is 0 Å². The fraction of sp³-hybridized carbons (Fsp3) is 0.235. The van der Waals surface area contributed by atoms with E-state index in [1.165, 1.54) is 0 Å². The summed E-state index contributed by atoms with van der Waals surface area (Å²) < 4.78 is 20.5. The zero-order valence-electron chi connectivity index (χ0n) is 36.0. The van der Waals surface area contributed by atoms with Gasteiger partial charge in [-0.05, 0) is 94.6 Å².